The third-order valence-electron chi connectivity index (χ3n) is 4.71. The molecule has 0 fully saturated rings. The molecule has 0 bridgehead atoms. The van der Waals surface area contributed by atoms with E-state index >= 15 is 0 Å². The molecule has 0 saturated heterocycles. The van der Waals surface area contributed by atoms with Crippen molar-refractivity contribution in [3.8, 4) is 0 Å². The first-order valence-corrected chi connectivity index (χ1v) is 11.0. The number of aromatic nitrogens is 2. The van der Waals surface area contributed by atoms with Crippen LogP contribution in [0.1, 0.15) is 36.7 Å². The molecular formula is C22H27N3O2S. The van der Waals surface area contributed by atoms with E-state index in [1.807, 2.05) is 74.5 Å². The summed E-state index contributed by atoms with van der Waals surface area (Å²) in [7, 11) is -3.66. The number of aryl methyl sites for hydroxylation is 1. The van der Waals surface area contributed by atoms with Gasteiger partial charge in [0.2, 0.25) is 10.0 Å². The van der Waals surface area contributed by atoms with Crippen molar-refractivity contribution in [1.29, 1.82) is 0 Å². The zero-order valence-corrected chi connectivity index (χ0v) is 17.4. The maximum atomic E-state index is 13.5. The Balaban J connectivity index is 1.92. The Kier molecular flexibility index (Phi) is 6.31. The van der Waals surface area contributed by atoms with Crippen molar-refractivity contribution in [3.05, 3.63) is 83.7 Å². The zero-order valence-electron chi connectivity index (χ0n) is 16.6. The molecule has 0 atom stereocenters. The van der Waals surface area contributed by atoms with Gasteiger partial charge in [-0.05, 0) is 38.3 Å². The maximum absolute atomic E-state index is 13.5. The largest absolute Gasteiger partial charge is 0.269 e. The molecule has 0 saturated carbocycles. The van der Waals surface area contributed by atoms with E-state index in [1.54, 1.807) is 22.1 Å². The number of hydrogen-bond acceptors (Lipinski definition) is 3. The van der Waals surface area contributed by atoms with Gasteiger partial charge in [0.15, 0.2) is 0 Å². The molecule has 3 aromatic rings. The average Bonchev–Trinajstić information content (AvgIpc) is 3.09. The summed E-state index contributed by atoms with van der Waals surface area (Å²) in [6.45, 7) is 6.47. The van der Waals surface area contributed by atoms with Gasteiger partial charge in [0, 0.05) is 25.3 Å². The van der Waals surface area contributed by atoms with Crippen molar-refractivity contribution < 1.29 is 8.42 Å². The number of sulfonamides is 1. The van der Waals surface area contributed by atoms with Crippen LogP contribution in [0.4, 0.5) is 0 Å². The van der Waals surface area contributed by atoms with Gasteiger partial charge in [-0.25, -0.2) is 8.42 Å². The van der Waals surface area contributed by atoms with Crippen LogP contribution in [0.3, 0.4) is 0 Å². The highest BCUT2D eigenvalue weighted by molar-refractivity contribution is 7.89. The van der Waals surface area contributed by atoms with Crippen molar-refractivity contribution in [2.24, 2.45) is 0 Å². The average molecular weight is 398 g/mol. The van der Waals surface area contributed by atoms with E-state index in [4.69, 9.17) is 0 Å². The monoisotopic (exact) mass is 397 g/mol. The summed E-state index contributed by atoms with van der Waals surface area (Å²) < 4.78 is 30.2. The summed E-state index contributed by atoms with van der Waals surface area (Å²) in [5.74, 6) is 0. The number of nitrogens with zero attached hydrogens (tertiary/aromatic N) is 3. The topological polar surface area (TPSA) is 55.2 Å². The molecule has 0 spiro atoms. The highest BCUT2D eigenvalue weighted by Gasteiger charge is 2.28. The summed E-state index contributed by atoms with van der Waals surface area (Å²) in [5, 5.41) is 4.39. The minimum Gasteiger partial charge on any atom is -0.269 e. The van der Waals surface area contributed by atoms with Crippen LogP contribution in [0.2, 0.25) is 0 Å². The second-order valence-corrected chi connectivity index (χ2v) is 9.12. The van der Waals surface area contributed by atoms with Crippen molar-refractivity contribution in [2.75, 3.05) is 6.54 Å². The van der Waals surface area contributed by atoms with Crippen LogP contribution in [-0.2, 0) is 23.0 Å². The van der Waals surface area contributed by atoms with Crippen molar-refractivity contribution >= 4 is 10.0 Å². The van der Waals surface area contributed by atoms with Gasteiger partial charge in [-0.3, -0.25) is 4.68 Å². The summed E-state index contributed by atoms with van der Waals surface area (Å²) in [6.07, 6.45) is 2.31. The van der Waals surface area contributed by atoms with Gasteiger partial charge < -0.3 is 0 Å². The second kappa shape index (κ2) is 8.71. The van der Waals surface area contributed by atoms with Crippen LogP contribution >= 0.6 is 0 Å². The molecule has 0 unspecified atom stereocenters. The number of hydrogen-bond donors (Lipinski definition) is 0. The van der Waals surface area contributed by atoms with E-state index in [0.717, 1.165) is 11.1 Å². The van der Waals surface area contributed by atoms with Gasteiger partial charge in [0.1, 0.15) is 4.90 Å². The van der Waals surface area contributed by atoms with E-state index in [9.17, 15) is 8.42 Å². The van der Waals surface area contributed by atoms with Crippen LogP contribution < -0.4 is 0 Å². The standard InChI is InChI=1S/C22H27N3O2S/c1-18(2)25-17-22(19(3)23-25)28(26,27)24(16-21-12-8-5-9-13-21)15-14-20-10-6-4-7-11-20/h4-13,17-18H,14-16H2,1-3H3. The summed E-state index contributed by atoms with van der Waals surface area (Å²) in [6, 6.07) is 19.8. The van der Waals surface area contributed by atoms with Gasteiger partial charge in [-0.2, -0.15) is 9.40 Å². The van der Waals surface area contributed by atoms with Crippen molar-refractivity contribution in [1.82, 2.24) is 14.1 Å². The number of rotatable bonds is 8. The zero-order chi connectivity index (χ0) is 20.1. The molecule has 0 aliphatic carbocycles. The molecule has 0 aliphatic heterocycles. The predicted molar refractivity (Wildman–Crippen MR) is 112 cm³/mol. The summed E-state index contributed by atoms with van der Waals surface area (Å²) in [5.41, 5.74) is 2.62. The molecule has 1 aromatic heterocycles. The molecule has 0 N–H and O–H groups in total. The first kappa shape index (κ1) is 20.3. The lowest BCUT2D eigenvalue weighted by atomic mass is 10.1. The SMILES string of the molecule is Cc1nn(C(C)C)cc1S(=O)(=O)N(CCc1ccccc1)Cc1ccccc1. The predicted octanol–water partition coefficient (Wildman–Crippen LogP) is 4.21. The Labute approximate surface area is 167 Å². The Bertz CT molecular complexity index is 997. The Morgan fingerprint density at radius 3 is 2.07 bits per heavy atom. The highest BCUT2D eigenvalue weighted by Crippen LogP contribution is 2.23. The molecule has 5 nitrogen and oxygen atoms in total. The molecule has 148 valence electrons. The van der Waals surface area contributed by atoms with E-state index in [0.29, 0.717) is 25.2 Å². The molecular weight excluding hydrogens is 370 g/mol. The van der Waals surface area contributed by atoms with Gasteiger partial charge in [-0.15, -0.1) is 0 Å². The van der Waals surface area contributed by atoms with Gasteiger partial charge in [0.25, 0.3) is 0 Å². The highest BCUT2D eigenvalue weighted by atomic mass is 32.2. The lowest BCUT2D eigenvalue weighted by molar-refractivity contribution is 0.409. The fourth-order valence-corrected chi connectivity index (χ4v) is 4.68. The molecule has 6 heteroatoms. The fraction of sp³-hybridized carbons (Fsp3) is 0.318. The van der Waals surface area contributed by atoms with Crippen LogP contribution in [-0.4, -0.2) is 29.0 Å². The van der Waals surface area contributed by atoms with E-state index < -0.39 is 10.0 Å². The molecule has 0 aliphatic rings. The van der Waals surface area contributed by atoms with Crippen LogP contribution in [0.5, 0.6) is 0 Å². The Morgan fingerprint density at radius 2 is 1.54 bits per heavy atom. The lowest BCUT2D eigenvalue weighted by Gasteiger charge is -2.22. The molecule has 1 heterocycles. The van der Waals surface area contributed by atoms with Gasteiger partial charge in [0.05, 0.1) is 5.69 Å². The smallest absolute Gasteiger partial charge is 0.246 e. The summed E-state index contributed by atoms with van der Waals surface area (Å²) in [4.78, 5) is 0.283. The van der Waals surface area contributed by atoms with Crippen molar-refractivity contribution in [3.63, 3.8) is 0 Å². The molecule has 3 rings (SSSR count). The van der Waals surface area contributed by atoms with Crippen LogP contribution in [0, 0.1) is 6.92 Å². The lowest BCUT2D eigenvalue weighted by Crippen LogP contribution is -2.32. The fourth-order valence-electron chi connectivity index (χ4n) is 3.09. The van der Waals surface area contributed by atoms with Crippen LogP contribution in [0.15, 0.2) is 71.8 Å². The Morgan fingerprint density at radius 1 is 0.964 bits per heavy atom. The first-order valence-electron chi connectivity index (χ1n) is 9.51. The third-order valence-corrected chi connectivity index (χ3v) is 6.66. The molecule has 0 amide bonds. The molecule has 28 heavy (non-hydrogen) atoms. The molecule has 0 radical (unpaired) electrons. The second-order valence-electron chi connectivity index (χ2n) is 7.21. The minimum atomic E-state index is -3.66. The van der Waals surface area contributed by atoms with Gasteiger partial charge in [-0.1, -0.05) is 60.7 Å². The normalized spacial score (nSPS) is 12.0. The summed E-state index contributed by atoms with van der Waals surface area (Å²) >= 11 is 0. The van der Waals surface area contributed by atoms with E-state index in [1.165, 1.54) is 0 Å². The third kappa shape index (κ3) is 4.69. The maximum Gasteiger partial charge on any atom is 0.246 e. The molecule has 2 aromatic carbocycles. The van der Waals surface area contributed by atoms with Crippen LogP contribution in [0.25, 0.3) is 0 Å². The van der Waals surface area contributed by atoms with Crippen molar-refractivity contribution in [2.45, 2.75) is 44.7 Å². The quantitative estimate of drug-likeness (QED) is 0.572. The van der Waals surface area contributed by atoms with E-state index in [2.05, 4.69) is 5.10 Å². The minimum absolute atomic E-state index is 0.106. The number of benzene rings is 2. The Hall–Kier alpha value is -2.44. The van der Waals surface area contributed by atoms with Gasteiger partial charge >= 0.3 is 0 Å². The van der Waals surface area contributed by atoms with E-state index in [-0.39, 0.29) is 10.9 Å². The first-order chi connectivity index (χ1) is 13.4.